The Bertz CT molecular complexity index is 1060. The molecule has 0 spiro atoms. The van der Waals surface area contributed by atoms with Gasteiger partial charge < -0.3 is 20.1 Å². The highest BCUT2D eigenvalue weighted by atomic mass is 16.6. The van der Waals surface area contributed by atoms with Crippen molar-refractivity contribution in [3.05, 3.63) is 73.0 Å². The number of ketones is 1. The Kier molecular flexibility index (Phi) is 5.70. The second kappa shape index (κ2) is 8.05. The van der Waals surface area contributed by atoms with E-state index in [1.54, 1.807) is 0 Å². The van der Waals surface area contributed by atoms with Gasteiger partial charge in [0.05, 0.1) is 23.6 Å². The minimum atomic E-state index is -1.57. The molecule has 12 heteroatoms. The number of hydrogen-bond donors (Lipinski definition) is 3. The van der Waals surface area contributed by atoms with E-state index in [1.165, 1.54) is 18.2 Å². The maximum Gasteiger partial charge on any atom is 0.333 e. The van der Waals surface area contributed by atoms with Crippen molar-refractivity contribution >= 4 is 11.5 Å². The topological polar surface area (TPSA) is 174 Å². The Balaban J connectivity index is 1.97. The summed E-state index contributed by atoms with van der Waals surface area (Å²) in [6, 6.07) is 6.06. The smallest absolute Gasteiger partial charge is 0.333 e. The predicted octanol–water partition coefficient (Wildman–Crippen LogP) is -1.59. The molecule has 3 rings (SSSR count). The Morgan fingerprint density at radius 3 is 2.48 bits per heavy atom. The van der Waals surface area contributed by atoms with Gasteiger partial charge in [-0.05, 0) is 6.07 Å². The summed E-state index contributed by atoms with van der Waals surface area (Å²) in [5.41, 5.74) is -2.61. The van der Waals surface area contributed by atoms with E-state index in [1.807, 2.05) is 0 Å². The third-order valence-corrected chi connectivity index (χ3v) is 4.59. The SMILES string of the molecule is O=C(Cn1c(=O)ccn([C@@H]2O[C@H](CO)[C@@H](O)[C@H]2O)c1=O)c1ccccc1[N+](=O)[O-]. The first-order valence-corrected chi connectivity index (χ1v) is 8.47. The van der Waals surface area contributed by atoms with Gasteiger partial charge in [0.25, 0.3) is 11.2 Å². The summed E-state index contributed by atoms with van der Waals surface area (Å²) >= 11 is 0. The number of rotatable bonds is 6. The van der Waals surface area contributed by atoms with Crippen LogP contribution in [0.3, 0.4) is 0 Å². The molecule has 0 aliphatic carbocycles. The molecule has 1 aliphatic rings. The third kappa shape index (κ3) is 3.73. The molecule has 1 aromatic heterocycles. The van der Waals surface area contributed by atoms with Gasteiger partial charge in [0, 0.05) is 18.3 Å². The van der Waals surface area contributed by atoms with Gasteiger partial charge >= 0.3 is 5.69 Å². The molecule has 12 nitrogen and oxygen atoms in total. The van der Waals surface area contributed by atoms with Gasteiger partial charge in [-0.1, -0.05) is 12.1 Å². The fraction of sp³-hybridized carbons (Fsp3) is 0.353. The van der Waals surface area contributed by atoms with Crippen LogP contribution in [0, 0.1) is 10.1 Å². The number of ether oxygens (including phenoxy) is 1. The molecule has 0 amide bonds. The molecule has 2 heterocycles. The van der Waals surface area contributed by atoms with Gasteiger partial charge in [-0.2, -0.15) is 0 Å². The van der Waals surface area contributed by atoms with Crippen molar-refractivity contribution in [3.8, 4) is 0 Å². The van der Waals surface area contributed by atoms with Crippen molar-refractivity contribution in [2.24, 2.45) is 0 Å². The number of aliphatic hydroxyl groups excluding tert-OH is 3. The van der Waals surface area contributed by atoms with Crippen LogP contribution in [-0.2, 0) is 11.3 Å². The molecule has 29 heavy (non-hydrogen) atoms. The number of Topliss-reactive ketones (excluding diaryl/α,β-unsaturated/α-hetero) is 1. The number of hydrogen-bond acceptors (Lipinski definition) is 9. The van der Waals surface area contributed by atoms with Gasteiger partial charge in [0.2, 0.25) is 0 Å². The van der Waals surface area contributed by atoms with Crippen LogP contribution < -0.4 is 11.2 Å². The molecular formula is C17H17N3O9. The highest BCUT2D eigenvalue weighted by Gasteiger charge is 2.43. The average molecular weight is 407 g/mol. The molecule has 4 atom stereocenters. The Morgan fingerprint density at radius 1 is 1.17 bits per heavy atom. The lowest BCUT2D eigenvalue weighted by Crippen LogP contribution is -2.44. The van der Waals surface area contributed by atoms with Crippen molar-refractivity contribution in [1.82, 2.24) is 9.13 Å². The number of nitro groups is 1. The van der Waals surface area contributed by atoms with Crippen LogP contribution in [0.25, 0.3) is 0 Å². The van der Waals surface area contributed by atoms with Gasteiger partial charge in [-0.25, -0.2) is 4.79 Å². The summed E-state index contributed by atoms with van der Waals surface area (Å²) in [4.78, 5) is 47.7. The van der Waals surface area contributed by atoms with Crippen LogP contribution in [0.5, 0.6) is 0 Å². The van der Waals surface area contributed by atoms with E-state index in [4.69, 9.17) is 9.84 Å². The molecule has 0 unspecified atom stereocenters. The number of nitro benzene ring substituents is 1. The van der Waals surface area contributed by atoms with Crippen LogP contribution >= 0.6 is 0 Å². The second-order valence-electron chi connectivity index (χ2n) is 6.36. The van der Waals surface area contributed by atoms with Crippen molar-refractivity contribution in [2.75, 3.05) is 6.61 Å². The molecule has 1 fully saturated rings. The quantitative estimate of drug-likeness (QED) is 0.290. The normalized spacial score (nSPS) is 23.8. The first kappa shape index (κ1) is 20.5. The van der Waals surface area contributed by atoms with E-state index in [2.05, 4.69) is 0 Å². The summed E-state index contributed by atoms with van der Waals surface area (Å²) in [5, 5.41) is 40.2. The van der Waals surface area contributed by atoms with Gasteiger partial charge in [-0.3, -0.25) is 28.8 Å². The fourth-order valence-electron chi connectivity index (χ4n) is 3.08. The van der Waals surface area contributed by atoms with Gasteiger partial charge in [0.15, 0.2) is 12.0 Å². The van der Waals surface area contributed by atoms with E-state index in [-0.39, 0.29) is 5.56 Å². The van der Waals surface area contributed by atoms with E-state index in [9.17, 15) is 34.7 Å². The molecule has 3 N–H and O–H groups in total. The van der Waals surface area contributed by atoms with Crippen LogP contribution in [0.15, 0.2) is 46.1 Å². The minimum Gasteiger partial charge on any atom is -0.394 e. The van der Waals surface area contributed by atoms with Crippen molar-refractivity contribution < 1.29 is 29.8 Å². The molecule has 2 aromatic rings. The number of aliphatic hydroxyl groups is 3. The summed E-state index contributed by atoms with van der Waals surface area (Å²) in [7, 11) is 0. The third-order valence-electron chi connectivity index (χ3n) is 4.59. The standard InChI is InChI=1S/C17H17N3O9/c21-8-12-14(24)15(25)16(29-12)18-6-5-13(23)19(17(18)26)7-11(22)9-3-1-2-4-10(9)20(27)28/h1-6,12,14-16,21,24-25H,7-8H2/t12-,14-,15-,16-/m1/s1. The number of aromatic nitrogens is 2. The number of para-hydroxylation sites is 1. The lowest BCUT2D eigenvalue weighted by Gasteiger charge is -2.18. The Labute approximate surface area is 162 Å². The lowest BCUT2D eigenvalue weighted by molar-refractivity contribution is -0.385. The first-order chi connectivity index (χ1) is 13.8. The summed E-state index contributed by atoms with van der Waals surface area (Å²) in [6.07, 6.45) is -4.55. The Morgan fingerprint density at radius 2 is 1.86 bits per heavy atom. The molecular weight excluding hydrogens is 390 g/mol. The van der Waals surface area contributed by atoms with Crippen molar-refractivity contribution in [2.45, 2.75) is 31.1 Å². The zero-order valence-electron chi connectivity index (χ0n) is 14.8. The lowest BCUT2D eigenvalue weighted by atomic mass is 10.1. The van der Waals surface area contributed by atoms with Crippen LogP contribution in [-0.4, -0.2) is 60.1 Å². The summed E-state index contributed by atoms with van der Waals surface area (Å²) < 4.78 is 6.60. The van der Waals surface area contributed by atoms with E-state index < -0.39 is 65.3 Å². The van der Waals surface area contributed by atoms with E-state index >= 15 is 0 Å². The highest BCUT2D eigenvalue weighted by Crippen LogP contribution is 2.27. The fourth-order valence-corrected chi connectivity index (χ4v) is 3.08. The van der Waals surface area contributed by atoms with Gasteiger partial charge in [-0.15, -0.1) is 0 Å². The zero-order valence-corrected chi connectivity index (χ0v) is 14.8. The maximum absolute atomic E-state index is 12.7. The molecule has 0 bridgehead atoms. The van der Waals surface area contributed by atoms with Crippen molar-refractivity contribution in [3.63, 3.8) is 0 Å². The highest BCUT2D eigenvalue weighted by molar-refractivity contribution is 5.99. The van der Waals surface area contributed by atoms with E-state index in [0.29, 0.717) is 4.57 Å². The number of carbonyl (C=O) groups excluding carboxylic acids is 1. The molecule has 1 saturated heterocycles. The molecule has 1 aromatic carbocycles. The largest absolute Gasteiger partial charge is 0.394 e. The average Bonchev–Trinajstić information content (AvgIpc) is 2.99. The number of nitrogens with zero attached hydrogens (tertiary/aromatic N) is 3. The maximum atomic E-state index is 12.7. The van der Waals surface area contributed by atoms with Gasteiger partial charge in [0.1, 0.15) is 18.3 Å². The summed E-state index contributed by atoms with van der Waals surface area (Å²) in [6.45, 7) is -1.39. The Hall–Kier alpha value is -3.19. The molecule has 0 saturated carbocycles. The second-order valence-corrected chi connectivity index (χ2v) is 6.36. The molecule has 154 valence electrons. The van der Waals surface area contributed by atoms with Crippen LogP contribution in [0.4, 0.5) is 5.69 Å². The molecule has 1 aliphatic heterocycles. The zero-order chi connectivity index (χ0) is 21.3. The van der Waals surface area contributed by atoms with Crippen molar-refractivity contribution in [1.29, 1.82) is 0 Å². The minimum absolute atomic E-state index is 0.271. The first-order valence-electron chi connectivity index (χ1n) is 8.47. The molecule has 0 radical (unpaired) electrons. The van der Waals surface area contributed by atoms with Crippen LogP contribution in [0.1, 0.15) is 16.6 Å². The summed E-state index contributed by atoms with van der Waals surface area (Å²) in [5.74, 6) is -0.838. The number of carbonyl (C=O) groups is 1. The predicted molar refractivity (Wildman–Crippen MR) is 95.4 cm³/mol. The van der Waals surface area contributed by atoms with Crippen LogP contribution in [0.2, 0.25) is 0 Å². The number of benzene rings is 1. The van der Waals surface area contributed by atoms with E-state index in [0.717, 1.165) is 22.9 Å². The monoisotopic (exact) mass is 407 g/mol.